The summed E-state index contributed by atoms with van der Waals surface area (Å²) in [6.45, 7) is 6.26. The highest BCUT2D eigenvalue weighted by atomic mass is 16.5. The number of urea groups is 1. The predicted molar refractivity (Wildman–Crippen MR) is 97.7 cm³/mol. The number of likely N-dealkylation sites (N-methyl/N-ethyl adjacent to an activating group) is 1. The molecule has 0 saturated carbocycles. The van der Waals surface area contributed by atoms with E-state index in [4.69, 9.17) is 4.74 Å². The Morgan fingerprint density at radius 3 is 2.38 bits per heavy atom. The molecule has 1 fully saturated rings. The Morgan fingerprint density at radius 2 is 1.85 bits per heavy atom. The Balaban J connectivity index is 2.11. The molecule has 2 rings (SSSR count). The van der Waals surface area contributed by atoms with Crippen LogP contribution in [0.2, 0.25) is 0 Å². The standard InChI is InChI=1S/C19H27N3O4/c1-13(2)10-11-26-15-8-6-14(7-9-15)19(3)17(24)22(18(25)20-19)12-16(23)21(4)5/h6-9,13H,10-12H2,1-5H3,(H,20,25)/t19-/m1/s1. The first-order valence-electron chi connectivity index (χ1n) is 8.72. The number of carbonyl (C=O) groups excluding carboxylic acids is 3. The number of rotatable bonds is 7. The van der Waals surface area contributed by atoms with Crippen LogP contribution in [0.25, 0.3) is 0 Å². The third-order valence-electron chi connectivity index (χ3n) is 4.46. The van der Waals surface area contributed by atoms with Crippen molar-refractivity contribution in [1.82, 2.24) is 15.1 Å². The molecule has 0 unspecified atom stereocenters. The van der Waals surface area contributed by atoms with Crippen LogP contribution >= 0.6 is 0 Å². The molecule has 1 atom stereocenters. The van der Waals surface area contributed by atoms with E-state index in [2.05, 4.69) is 19.2 Å². The van der Waals surface area contributed by atoms with Gasteiger partial charge in [-0.05, 0) is 37.0 Å². The molecule has 0 radical (unpaired) electrons. The highest BCUT2D eigenvalue weighted by Gasteiger charge is 2.49. The van der Waals surface area contributed by atoms with Crippen LogP contribution < -0.4 is 10.1 Å². The average Bonchev–Trinajstić information content (AvgIpc) is 2.79. The smallest absolute Gasteiger partial charge is 0.325 e. The SMILES string of the molecule is CC(C)CCOc1ccc([C@@]2(C)NC(=O)N(CC(=O)N(C)C)C2=O)cc1. The van der Waals surface area contributed by atoms with Gasteiger partial charge in [0.2, 0.25) is 5.91 Å². The maximum atomic E-state index is 12.8. The lowest BCUT2D eigenvalue weighted by Crippen LogP contribution is -2.43. The molecule has 1 aliphatic heterocycles. The lowest BCUT2D eigenvalue weighted by molar-refractivity contribution is -0.137. The number of imide groups is 1. The number of benzene rings is 1. The molecule has 142 valence electrons. The summed E-state index contributed by atoms with van der Waals surface area (Å²) in [5.41, 5.74) is -0.549. The molecular weight excluding hydrogens is 334 g/mol. The Bertz CT molecular complexity index is 685. The van der Waals surface area contributed by atoms with Crippen LogP contribution in [0.1, 0.15) is 32.8 Å². The molecule has 0 spiro atoms. The molecule has 7 nitrogen and oxygen atoms in total. The first-order chi connectivity index (χ1) is 12.1. The van der Waals surface area contributed by atoms with E-state index in [0.717, 1.165) is 17.1 Å². The van der Waals surface area contributed by atoms with Gasteiger partial charge in [-0.1, -0.05) is 26.0 Å². The predicted octanol–water partition coefficient (Wildman–Crippen LogP) is 1.97. The van der Waals surface area contributed by atoms with Crippen LogP contribution in [0.3, 0.4) is 0 Å². The van der Waals surface area contributed by atoms with Crippen molar-refractivity contribution >= 4 is 17.8 Å². The molecule has 0 aliphatic carbocycles. The van der Waals surface area contributed by atoms with E-state index in [-0.39, 0.29) is 12.5 Å². The number of nitrogens with one attached hydrogen (secondary N) is 1. The van der Waals surface area contributed by atoms with Gasteiger partial charge >= 0.3 is 6.03 Å². The van der Waals surface area contributed by atoms with Gasteiger partial charge in [-0.3, -0.25) is 14.5 Å². The van der Waals surface area contributed by atoms with Crippen molar-refractivity contribution in [2.75, 3.05) is 27.2 Å². The molecule has 1 N–H and O–H groups in total. The first kappa shape index (κ1) is 19.8. The molecule has 0 aromatic heterocycles. The van der Waals surface area contributed by atoms with E-state index in [9.17, 15) is 14.4 Å². The average molecular weight is 361 g/mol. The number of hydrogen-bond acceptors (Lipinski definition) is 4. The fourth-order valence-corrected chi connectivity index (χ4v) is 2.61. The van der Waals surface area contributed by atoms with E-state index < -0.39 is 17.5 Å². The zero-order valence-corrected chi connectivity index (χ0v) is 16.0. The molecule has 1 heterocycles. The maximum absolute atomic E-state index is 12.8. The minimum Gasteiger partial charge on any atom is -0.494 e. The Morgan fingerprint density at radius 1 is 1.23 bits per heavy atom. The van der Waals surface area contributed by atoms with Gasteiger partial charge in [-0.25, -0.2) is 4.79 Å². The summed E-state index contributed by atoms with van der Waals surface area (Å²) in [7, 11) is 3.16. The van der Waals surface area contributed by atoms with E-state index in [1.807, 2.05) is 0 Å². The highest BCUT2D eigenvalue weighted by Crippen LogP contribution is 2.30. The molecular formula is C19H27N3O4. The lowest BCUT2D eigenvalue weighted by atomic mass is 9.92. The number of ether oxygens (including phenoxy) is 1. The molecule has 1 aliphatic rings. The van der Waals surface area contributed by atoms with E-state index >= 15 is 0 Å². The van der Waals surface area contributed by atoms with Crippen LogP contribution in [0.15, 0.2) is 24.3 Å². The monoisotopic (exact) mass is 361 g/mol. The quantitative estimate of drug-likeness (QED) is 0.753. The molecule has 26 heavy (non-hydrogen) atoms. The highest BCUT2D eigenvalue weighted by molar-refractivity contribution is 6.09. The third kappa shape index (κ3) is 4.15. The number of carbonyl (C=O) groups is 3. The Kier molecular flexibility index (Phi) is 5.90. The van der Waals surface area contributed by atoms with E-state index in [1.54, 1.807) is 45.3 Å². The van der Waals surface area contributed by atoms with Crippen molar-refractivity contribution in [1.29, 1.82) is 0 Å². The van der Waals surface area contributed by atoms with Gasteiger partial charge < -0.3 is 15.0 Å². The van der Waals surface area contributed by atoms with E-state index in [1.165, 1.54) is 4.90 Å². The van der Waals surface area contributed by atoms with Crippen molar-refractivity contribution in [3.05, 3.63) is 29.8 Å². The summed E-state index contributed by atoms with van der Waals surface area (Å²) in [6, 6.07) is 6.53. The number of hydrogen-bond donors (Lipinski definition) is 1. The third-order valence-corrected chi connectivity index (χ3v) is 4.46. The van der Waals surface area contributed by atoms with Gasteiger partial charge in [-0.2, -0.15) is 0 Å². The summed E-state index contributed by atoms with van der Waals surface area (Å²) in [4.78, 5) is 39.1. The van der Waals surface area contributed by atoms with Gasteiger partial charge in [-0.15, -0.1) is 0 Å². The van der Waals surface area contributed by atoms with Crippen molar-refractivity contribution in [3.8, 4) is 5.75 Å². The second-order valence-corrected chi connectivity index (χ2v) is 7.29. The van der Waals surface area contributed by atoms with Crippen LogP contribution in [0, 0.1) is 5.92 Å². The second-order valence-electron chi connectivity index (χ2n) is 7.29. The number of amides is 4. The zero-order valence-electron chi connectivity index (χ0n) is 16.0. The number of nitrogens with zero attached hydrogens (tertiary/aromatic N) is 2. The van der Waals surface area contributed by atoms with Crippen molar-refractivity contribution in [2.24, 2.45) is 5.92 Å². The minimum atomic E-state index is -1.19. The summed E-state index contributed by atoms with van der Waals surface area (Å²) in [5.74, 6) is 0.530. The Hall–Kier alpha value is -2.57. The topological polar surface area (TPSA) is 79.0 Å². The lowest BCUT2D eigenvalue weighted by Gasteiger charge is -2.23. The second kappa shape index (κ2) is 7.76. The van der Waals surface area contributed by atoms with Crippen LogP contribution in [0.4, 0.5) is 4.79 Å². The van der Waals surface area contributed by atoms with Gasteiger partial charge in [0.15, 0.2) is 0 Å². The van der Waals surface area contributed by atoms with Gasteiger partial charge in [0.25, 0.3) is 5.91 Å². The minimum absolute atomic E-state index is 0.274. The van der Waals surface area contributed by atoms with Crippen molar-refractivity contribution in [3.63, 3.8) is 0 Å². The molecule has 1 saturated heterocycles. The van der Waals surface area contributed by atoms with Gasteiger partial charge in [0.1, 0.15) is 17.8 Å². The normalized spacial score (nSPS) is 19.7. The molecule has 4 amide bonds. The maximum Gasteiger partial charge on any atom is 0.325 e. The first-order valence-corrected chi connectivity index (χ1v) is 8.72. The van der Waals surface area contributed by atoms with Crippen molar-refractivity contribution < 1.29 is 19.1 Å². The molecule has 7 heteroatoms. The Labute approximate surface area is 154 Å². The fourth-order valence-electron chi connectivity index (χ4n) is 2.61. The van der Waals surface area contributed by atoms with Crippen LogP contribution in [-0.2, 0) is 15.1 Å². The summed E-state index contributed by atoms with van der Waals surface area (Å²) in [5, 5.41) is 2.69. The summed E-state index contributed by atoms with van der Waals surface area (Å²) >= 11 is 0. The molecule has 0 bridgehead atoms. The van der Waals surface area contributed by atoms with Crippen LogP contribution in [-0.4, -0.2) is 54.9 Å². The fraction of sp³-hybridized carbons (Fsp3) is 0.526. The molecule has 1 aromatic rings. The van der Waals surface area contributed by atoms with E-state index in [0.29, 0.717) is 18.1 Å². The van der Waals surface area contributed by atoms with Crippen molar-refractivity contribution in [2.45, 2.75) is 32.7 Å². The van der Waals surface area contributed by atoms with Crippen LogP contribution in [0.5, 0.6) is 5.75 Å². The van der Waals surface area contributed by atoms with Gasteiger partial charge in [0.05, 0.1) is 6.61 Å². The summed E-state index contributed by atoms with van der Waals surface area (Å²) in [6.07, 6.45) is 0.961. The zero-order chi connectivity index (χ0) is 19.5. The summed E-state index contributed by atoms with van der Waals surface area (Å²) < 4.78 is 5.68. The van der Waals surface area contributed by atoms with Gasteiger partial charge in [0, 0.05) is 14.1 Å². The largest absolute Gasteiger partial charge is 0.494 e. The molecule has 1 aromatic carbocycles.